The fraction of sp³-hybridized carbons (Fsp3) is 0.345. The van der Waals surface area contributed by atoms with Crippen molar-refractivity contribution in [1.29, 1.82) is 5.26 Å². The Labute approximate surface area is 237 Å². The summed E-state index contributed by atoms with van der Waals surface area (Å²) in [4.78, 5) is 23.7. The average Bonchev–Trinajstić information content (AvgIpc) is 3.29. The summed E-state index contributed by atoms with van der Waals surface area (Å²) in [6, 6.07) is 14.8. The molecule has 1 aliphatic heterocycles. The summed E-state index contributed by atoms with van der Waals surface area (Å²) in [5.74, 6) is 0.609. The summed E-state index contributed by atoms with van der Waals surface area (Å²) in [6.07, 6.45) is 1.46. The van der Waals surface area contributed by atoms with Crippen molar-refractivity contribution >= 4 is 29.2 Å². The molecule has 0 radical (unpaired) electrons. The lowest BCUT2D eigenvalue weighted by molar-refractivity contribution is -0.0291. The van der Waals surface area contributed by atoms with Gasteiger partial charge in [-0.2, -0.15) is 10.4 Å². The number of rotatable bonds is 5. The van der Waals surface area contributed by atoms with Crippen molar-refractivity contribution in [3.05, 3.63) is 65.1 Å². The number of nitriles is 1. The average molecular weight is 560 g/mol. The first kappa shape index (κ1) is 27.4. The van der Waals surface area contributed by atoms with Crippen LogP contribution in [0, 0.1) is 18.3 Å². The van der Waals surface area contributed by atoms with Crippen LogP contribution in [-0.2, 0) is 9.47 Å². The minimum atomic E-state index is -0.586. The van der Waals surface area contributed by atoms with Crippen LogP contribution in [0.15, 0.2) is 48.7 Å². The predicted molar refractivity (Wildman–Crippen MR) is 152 cm³/mol. The number of hydrogen-bond acceptors (Lipinski definition) is 8. The van der Waals surface area contributed by atoms with Gasteiger partial charge in [0.25, 0.3) is 0 Å². The minimum Gasteiger partial charge on any atom is -0.444 e. The van der Waals surface area contributed by atoms with Crippen LogP contribution in [0.4, 0.5) is 10.6 Å². The smallest absolute Gasteiger partial charge is 0.410 e. The Morgan fingerprint density at radius 3 is 2.80 bits per heavy atom. The van der Waals surface area contributed by atoms with E-state index in [1.165, 1.54) is 0 Å². The number of fused-ring (bicyclic) bond motifs is 1. The first-order valence-electron chi connectivity index (χ1n) is 13.0. The van der Waals surface area contributed by atoms with E-state index in [1.807, 2.05) is 58.2 Å². The number of carbonyl (C=O) groups is 1. The molecule has 11 heteroatoms. The number of morpholine rings is 1. The first-order valence-corrected chi connectivity index (χ1v) is 13.3. The van der Waals surface area contributed by atoms with Gasteiger partial charge in [-0.15, -0.1) is 0 Å². The molecule has 4 heterocycles. The van der Waals surface area contributed by atoms with Crippen LogP contribution in [0.3, 0.4) is 0 Å². The molecule has 0 bridgehead atoms. The molecule has 1 aromatic carbocycles. The molecule has 1 aliphatic rings. The van der Waals surface area contributed by atoms with Crippen LogP contribution in [0.2, 0.25) is 5.15 Å². The summed E-state index contributed by atoms with van der Waals surface area (Å²) >= 11 is 6.34. The van der Waals surface area contributed by atoms with Gasteiger partial charge in [-0.25, -0.2) is 19.3 Å². The second kappa shape index (κ2) is 11.1. The zero-order valence-corrected chi connectivity index (χ0v) is 23.6. The molecule has 5 rings (SSSR count). The van der Waals surface area contributed by atoms with Crippen LogP contribution in [0.25, 0.3) is 28.0 Å². The van der Waals surface area contributed by atoms with Crippen molar-refractivity contribution < 1.29 is 14.3 Å². The summed E-state index contributed by atoms with van der Waals surface area (Å²) < 4.78 is 13.0. The number of pyridine rings is 1. The van der Waals surface area contributed by atoms with Crippen molar-refractivity contribution in [2.24, 2.45) is 0 Å². The molecule has 0 unspecified atom stereocenters. The van der Waals surface area contributed by atoms with E-state index in [-0.39, 0.29) is 12.1 Å². The molecule has 0 spiro atoms. The third kappa shape index (κ3) is 6.01. The van der Waals surface area contributed by atoms with Crippen LogP contribution in [0.5, 0.6) is 0 Å². The van der Waals surface area contributed by atoms with Crippen LogP contribution in [0.1, 0.15) is 32.0 Å². The molecular formula is C29H30ClN7O3. The topological polar surface area (TPSA) is 118 Å². The normalized spacial score (nSPS) is 15.6. The molecule has 1 fully saturated rings. The van der Waals surface area contributed by atoms with Gasteiger partial charge in [0.05, 0.1) is 36.5 Å². The van der Waals surface area contributed by atoms with Gasteiger partial charge in [-0.05, 0) is 63.6 Å². The molecule has 206 valence electrons. The molecule has 1 saturated heterocycles. The first-order chi connectivity index (χ1) is 19.1. The number of hydrogen-bond donors (Lipinski definition) is 1. The Balaban J connectivity index is 1.50. The number of carbonyl (C=O) groups excluding carboxylic acids is 1. The molecule has 1 amide bonds. The number of amides is 1. The van der Waals surface area contributed by atoms with E-state index in [0.29, 0.717) is 54.2 Å². The maximum absolute atomic E-state index is 12.8. The standard InChI is InChI=1S/C29H30ClN7O3/c1-18-12-21(14-23(30)33-18)25-26(20-7-5-6-19(13-20)15-31)35-37-9-8-24(34-27(25)37)32-16-22-17-39-11-10-36(22)28(38)40-29(2,3)4/h5-9,12-14,22H,10-11,16-17H2,1-4H3,(H,32,34)/t22-/m1/s1. The zero-order chi connectivity index (χ0) is 28.4. The maximum Gasteiger partial charge on any atom is 0.410 e. The minimum absolute atomic E-state index is 0.225. The molecule has 0 saturated carbocycles. The largest absolute Gasteiger partial charge is 0.444 e. The van der Waals surface area contributed by atoms with Gasteiger partial charge in [0.1, 0.15) is 22.3 Å². The zero-order valence-electron chi connectivity index (χ0n) is 22.8. The number of aryl methyl sites for hydroxylation is 1. The van der Waals surface area contributed by atoms with Gasteiger partial charge in [0.2, 0.25) is 0 Å². The predicted octanol–water partition coefficient (Wildman–Crippen LogP) is 5.34. The molecule has 40 heavy (non-hydrogen) atoms. The highest BCUT2D eigenvalue weighted by molar-refractivity contribution is 6.29. The maximum atomic E-state index is 12.8. The fourth-order valence-corrected chi connectivity index (χ4v) is 4.86. The molecule has 0 aliphatic carbocycles. The molecule has 3 aromatic heterocycles. The summed E-state index contributed by atoms with van der Waals surface area (Å²) in [5.41, 5.74) is 4.34. The Morgan fingerprint density at radius 1 is 1.23 bits per heavy atom. The number of anilines is 1. The van der Waals surface area contributed by atoms with E-state index in [1.54, 1.807) is 27.6 Å². The van der Waals surface area contributed by atoms with Crippen molar-refractivity contribution in [3.63, 3.8) is 0 Å². The molecule has 1 N–H and O–H groups in total. The van der Waals surface area contributed by atoms with Gasteiger partial charge in [-0.1, -0.05) is 23.7 Å². The molecule has 4 aromatic rings. The van der Waals surface area contributed by atoms with Crippen LogP contribution >= 0.6 is 11.6 Å². The Hall–Kier alpha value is -4.20. The fourth-order valence-electron chi connectivity index (χ4n) is 4.61. The van der Waals surface area contributed by atoms with Gasteiger partial charge < -0.3 is 14.8 Å². The highest BCUT2D eigenvalue weighted by atomic mass is 35.5. The summed E-state index contributed by atoms with van der Waals surface area (Å²) in [5, 5.41) is 18.0. The summed E-state index contributed by atoms with van der Waals surface area (Å²) in [7, 11) is 0. The second-order valence-electron chi connectivity index (χ2n) is 10.6. The SMILES string of the molecule is Cc1cc(-c2c(-c3cccc(C#N)c3)nn3ccc(NC[C@@H]4COCCN4C(=O)OC(C)(C)C)nc23)cc(Cl)n1. The third-order valence-corrected chi connectivity index (χ3v) is 6.53. The van der Waals surface area contributed by atoms with Crippen molar-refractivity contribution in [2.45, 2.75) is 39.3 Å². The third-order valence-electron chi connectivity index (χ3n) is 6.34. The van der Waals surface area contributed by atoms with Crippen LogP contribution < -0.4 is 5.32 Å². The lowest BCUT2D eigenvalue weighted by Crippen LogP contribution is -2.53. The molecular weight excluding hydrogens is 530 g/mol. The van der Waals surface area contributed by atoms with Crippen LogP contribution in [-0.4, -0.2) is 68.5 Å². The number of ether oxygens (including phenoxy) is 2. The van der Waals surface area contributed by atoms with E-state index >= 15 is 0 Å². The number of nitrogens with zero attached hydrogens (tertiary/aromatic N) is 6. The van der Waals surface area contributed by atoms with Gasteiger partial charge >= 0.3 is 6.09 Å². The van der Waals surface area contributed by atoms with Gasteiger partial charge in [-0.3, -0.25) is 4.90 Å². The highest BCUT2D eigenvalue weighted by Gasteiger charge is 2.31. The summed E-state index contributed by atoms with van der Waals surface area (Å²) in [6.45, 7) is 9.15. The Morgan fingerprint density at radius 2 is 2.05 bits per heavy atom. The van der Waals surface area contributed by atoms with Crippen molar-refractivity contribution in [3.8, 4) is 28.5 Å². The quantitative estimate of drug-likeness (QED) is 0.326. The number of nitrogens with one attached hydrogen (secondary N) is 1. The molecule has 1 atom stereocenters. The van der Waals surface area contributed by atoms with E-state index < -0.39 is 5.60 Å². The Kier molecular flexibility index (Phi) is 7.61. The lowest BCUT2D eigenvalue weighted by Gasteiger charge is -2.36. The monoisotopic (exact) mass is 559 g/mol. The Bertz CT molecular complexity index is 1590. The van der Waals surface area contributed by atoms with Crippen molar-refractivity contribution in [1.82, 2.24) is 24.5 Å². The van der Waals surface area contributed by atoms with Crippen molar-refractivity contribution in [2.75, 3.05) is 31.6 Å². The van der Waals surface area contributed by atoms with E-state index in [2.05, 4.69) is 16.4 Å². The second-order valence-corrected chi connectivity index (χ2v) is 11.0. The van der Waals surface area contributed by atoms with E-state index in [9.17, 15) is 10.1 Å². The number of halogens is 1. The van der Waals surface area contributed by atoms with Gasteiger partial charge in [0, 0.05) is 30.5 Å². The van der Waals surface area contributed by atoms with Gasteiger partial charge in [0.15, 0.2) is 5.65 Å². The van der Waals surface area contributed by atoms with E-state index in [0.717, 1.165) is 22.4 Å². The highest BCUT2D eigenvalue weighted by Crippen LogP contribution is 2.36. The molecule has 10 nitrogen and oxygen atoms in total. The van der Waals surface area contributed by atoms with E-state index in [4.69, 9.17) is 31.2 Å². The number of benzene rings is 1. The lowest BCUT2D eigenvalue weighted by atomic mass is 10.00. The number of aromatic nitrogens is 4.